The summed E-state index contributed by atoms with van der Waals surface area (Å²) >= 11 is 6.03. The van der Waals surface area contributed by atoms with Crippen LogP contribution in [0.4, 0.5) is 0 Å². The van der Waals surface area contributed by atoms with E-state index in [4.69, 9.17) is 11.6 Å². The van der Waals surface area contributed by atoms with Crippen molar-refractivity contribution in [3.05, 3.63) is 64.7 Å². The lowest BCUT2D eigenvalue weighted by Gasteiger charge is -2.21. The van der Waals surface area contributed by atoms with E-state index in [-0.39, 0.29) is 22.0 Å². The molecule has 0 heterocycles. The average Bonchev–Trinajstić information content (AvgIpc) is 2.58. The van der Waals surface area contributed by atoms with E-state index in [1.54, 1.807) is 45.0 Å². The zero-order valence-corrected chi connectivity index (χ0v) is 16.9. The molecule has 1 atom stereocenters. The van der Waals surface area contributed by atoms with Crippen LogP contribution in [0.25, 0.3) is 0 Å². The predicted molar refractivity (Wildman–Crippen MR) is 105 cm³/mol. The normalized spacial score (nSPS) is 13.2. The Morgan fingerprint density at radius 1 is 1.15 bits per heavy atom. The number of nitrogens with one attached hydrogen (secondary N) is 2. The van der Waals surface area contributed by atoms with Crippen molar-refractivity contribution >= 4 is 27.5 Å². The van der Waals surface area contributed by atoms with Gasteiger partial charge in [0.1, 0.15) is 4.90 Å². The van der Waals surface area contributed by atoms with Crippen molar-refractivity contribution in [2.45, 2.75) is 37.3 Å². The van der Waals surface area contributed by atoms with E-state index in [0.29, 0.717) is 5.56 Å². The molecule has 0 aliphatic carbocycles. The minimum Gasteiger partial charge on any atom is -0.387 e. The van der Waals surface area contributed by atoms with Crippen molar-refractivity contribution in [3.8, 4) is 0 Å². The van der Waals surface area contributed by atoms with E-state index in [9.17, 15) is 18.3 Å². The van der Waals surface area contributed by atoms with E-state index >= 15 is 0 Å². The van der Waals surface area contributed by atoms with Gasteiger partial charge in [-0.2, -0.15) is 0 Å². The summed E-state index contributed by atoms with van der Waals surface area (Å²) in [5.41, 5.74) is 0.112. The molecule has 3 N–H and O–H groups in total. The molecule has 0 fully saturated rings. The van der Waals surface area contributed by atoms with Gasteiger partial charge in [-0.05, 0) is 44.5 Å². The van der Waals surface area contributed by atoms with Crippen LogP contribution in [0.1, 0.15) is 42.8 Å². The number of rotatable bonds is 6. The number of carbonyl (C=O) groups excluding carboxylic acids is 1. The van der Waals surface area contributed by atoms with Gasteiger partial charge in [0, 0.05) is 17.6 Å². The van der Waals surface area contributed by atoms with E-state index in [1.165, 1.54) is 18.2 Å². The molecule has 0 spiro atoms. The standard InChI is InChI=1S/C19H23ClN2O4S/c1-19(2,3)22-27(25,26)17-11-14(9-10-15(17)20)18(24)21-12-16(23)13-7-5-4-6-8-13/h4-11,16,22-23H,12H2,1-3H3,(H,21,24). The van der Waals surface area contributed by atoms with Gasteiger partial charge in [-0.3, -0.25) is 4.79 Å². The van der Waals surface area contributed by atoms with Gasteiger partial charge in [0.2, 0.25) is 10.0 Å². The van der Waals surface area contributed by atoms with Crippen LogP contribution in [-0.2, 0) is 10.0 Å². The summed E-state index contributed by atoms with van der Waals surface area (Å²) in [6.45, 7) is 5.12. The summed E-state index contributed by atoms with van der Waals surface area (Å²) in [5.74, 6) is -0.506. The highest BCUT2D eigenvalue weighted by atomic mass is 35.5. The van der Waals surface area contributed by atoms with Gasteiger partial charge in [0.05, 0.1) is 11.1 Å². The van der Waals surface area contributed by atoms with Gasteiger partial charge in [-0.25, -0.2) is 13.1 Å². The first-order valence-electron chi connectivity index (χ1n) is 8.34. The molecule has 1 amide bonds. The lowest BCUT2D eigenvalue weighted by atomic mass is 10.1. The van der Waals surface area contributed by atoms with Crippen LogP contribution in [0.5, 0.6) is 0 Å². The molecule has 0 saturated heterocycles. The molecule has 0 aliphatic rings. The number of aliphatic hydroxyl groups is 1. The highest BCUT2D eigenvalue weighted by molar-refractivity contribution is 7.89. The number of carbonyl (C=O) groups is 1. The maximum atomic E-state index is 12.5. The van der Waals surface area contributed by atoms with Crippen molar-refractivity contribution in [3.63, 3.8) is 0 Å². The van der Waals surface area contributed by atoms with Gasteiger partial charge in [0.25, 0.3) is 5.91 Å². The first-order valence-corrected chi connectivity index (χ1v) is 10.2. The molecular formula is C19H23ClN2O4S. The topological polar surface area (TPSA) is 95.5 Å². The third kappa shape index (κ3) is 6.04. The molecule has 0 bridgehead atoms. The second-order valence-corrected chi connectivity index (χ2v) is 9.20. The molecule has 1 unspecified atom stereocenters. The molecule has 2 aromatic rings. The van der Waals surface area contributed by atoms with Crippen molar-refractivity contribution in [1.29, 1.82) is 0 Å². The lowest BCUT2D eigenvalue weighted by molar-refractivity contribution is 0.0916. The zero-order chi connectivity index (χ0) is 20.2. The molecule has 0 saturated carbocycles. The van der Waals surface area contributed by atoms with Gasteiger partial charge >= 0.3 is 0 Å². The summed E-state index contributed by atoms with van der Waals surface area (Å²) in [7, 11) is -3.89. The van der Waals surface area contributed by atoms with Crippen molar-refractivity contribution in [2.24, 2.45) is 0 Å². The second kappa shape index (κ2) is 8.39. The van der Waals surface area contributed by atoms with Gasteiger partial charge in [0.15, 0.2) is 0 Å². The van der Waals surface area contributed by atoms with Crippen molar-refractivity contribution in [2.75, 3.05) is 6.54 Å². The Bertz CT molecular complexity index is 909. The van der Waals surface area contributed by atoms with Crippen LogP contribution in [0, 0.1) is 0 Å². The summed E-state index contributed by atoms with van der Waals surface area (Å²) in [6, 6.07) is 12.9. The summed E-state index contributed by atoms with van der Waals surface area (Å²) < 4.78 is 27.6. The number of halogens is 1. The molecule has 6 nitrogen and oxygen atoms in total. The number of hydrogen-bond acceptors (Lipinski definition) is 4. The molecule has 0 aromatic heterocycles. The van der Waals surface area contributed by atoms with Gasteiger partial charge < -0.3 is 10.4 Å². The fourth-order valence-electron chi connectivity index (χ4n) is 2.39. The monoisotopic (exact) mass is 410 g/mol. The first kappa shape index (κ1) is 21.4. The molecule has 2 aromatic carbocycles. The summed E-state index contributed by atoms with van der Waals surface area (Å²) in [4.78, 5) is 12.2. The van der Waals surface area contributed by atoms with Gasteiger partial charge in [-0.15, -0.1) is 0 Å². The third-order valence-electron chi connectivity index (χ3n) is 3.56. The van der Waals surface area contributed by atoms with Crippen LogP contribution >= 0.6 is 11.6 Å². The Morgan fingerprint density at radius 3 is 2.37 bits per heavy atom. The maximum absolute atomic E-state index is 12.5. The summed E-state index contributed by atoms with van der Waals surface area (Å²) in [5, 5.41) is 12.7. The zero-order valence-electron chi connectivity index (χ0n) is 15.4. The highest BCUT2D eigenvalue weighted by Gasteiger charge is 2.25. The van der Waals surface area contributed by atoms with E-state index in [1.807, 2.05) is 6.07 Å². The molecule has 0 radical (unpaired) electrons. The molecule has 2 rings (SSSR count). The van der Waals surface area contributed by atoms with E-state index < -0.39 is 27.6 Å². The Balaban J connectivity index is 2.16. The van der Waals surface area contributed by atoms with Crippen LogP contribution < -0.4 is 10.0 Å². The Kier molecular flexibility index (Phi) is 6.64. The minimum absolute atomic E-state index is 0.00615. The summed E-state index contributed by atoms with van der Waals surface area (Å²) in [6.07, 6.45) is -0.867. The van der Waals surface area contributed by atoms with Crippen molar-refractivity contribution in [1.82, 2.24) is 10.0 Å². The molecular weight excluding hydrogens is 388 g/mol. The number of sulfonamides is 1. The first-order chi connectivity index (χ1) is 12.5. The lowest BCUT2D eigenvalue weighted by Crippen LogP contribution is -2.40. The average molecular weight is 411 g/mol. The SMILES string of the molecule is CC(C)(C)NS(=O)(=O)c1cc(C(=O)NCC(O)c2ccccc2)ccc1Cl. The number of aliphatic hydroxyl groups excluding tert-OH is 1. The Hall–Kier alpha value is -1.93. The number of amides is 1. The molecule has 8 heteroatoms. The van der Waals surface area contributed by atoms with E-state index in [0.717, 1.165) is 0 Å². The Morgan fingerprint density at radius 2 is 1.78 bits per heavy atom. The van der Waals surface area contributed by atoms with Crippen LogP contribution in [-0.4, -0.2) is 31.5 Å². The van der Waals surface area contributed by atoms with Gasteiger partial charge in [-0.1, -0.05) is 41.9 Å². The van der Waals surface area contributed by atoms with Crippen LogP contribution in [0.2, 0.25) is 5.02 Å². The van der Waals surface area contributed by atoms with Crippen LogP contribution in [0.15, 0.2) is 53.4 Å². The number of benzene rings is 2. The number of hydrogen-bond donors (Lipinski definition) is 3. The van der Waals surface area contributed by atoms with Crippen LogP contribution in [0.3, 0.4) is 0 Å². The third-order valence-corrected chi connectivity index (χ3v) is 5.80. The smallest absolute Gasteiger partial charge is 0.251 e. The highest BCUT2D eigenvalue weighted by Crippen LogP contribution is 2.24. The largest absolute Gasteiger partial charge is 0.387 e. The van der Waals surface area contributed by atoms with Crippen molar-refractivity contribution < 1.29 is 18.3 Å². The molecule has 27 heavy (non-hydrogen) atoms. The maximum Gasteiger partial charge on any atom is 0.251 e. The Labute approximate surface area is 164 Å². The van der Waals surface area contributed by atoms with E-state index in [2.05, 4.69) is 10.0 Å². The minimum atomic E-state index is -3.89. The quantitative estimate of drug-likeness (QED) is 0.682. The molecule has 0 aliphatic heterocycles. The predicted octanol–water partition coefficient (Wildman–Crippen LogP) is 2.88. The fourth-order valence-corrected chi connectivity index (χ4v) is 4.34. The second-order valence-electron chi connectivity index (χ2n) is 7.14. The fraction of sp³-hybridized carbons (Fsp3) is 0.316. The molecule has 146 valence electrons.